The number of hydrogen-bond donors (Lipinski definition) is 3. The van der Waals surface area contributed by atoms with Crippen LogP contribution < -0.4 is 0 Å². The molecule has 1 aromatic carbocycles. The Balaban J connectivity index is 1.64. The van der Waals surface area contributed by atoms with Crippen LogP contribution in [-0.4, -0.2) is 46.2 Å². The molecule has 0 fully saturated rings. The smallest absolute Gasteiger partial charge is 0.159 e. The average molecular weight is 445 g/mol. The predicted molar refractivity (Wildman–Crippen MR) is 126 cm³/mol. The monoisotopic (exact) mass is 444 g/mol. The number of allylic oxidation sites excluding steroid dienone is 2. The summed E-state index contributed by atoms with van der Waals surface area (Å²) in [4.78, 5) is 24.2. The highest BCUT2D eigenvalue weighted by atomic mass is 16.3. The number of hydrogen-bond acceptors (Lipinski definition) is 5. The number of rotatable bonds is 17. The fraction of sp³-hybridized carbons (Fsp3) is 0.630. The zero-order valence-corrected chi connectivity index (χ0v) is 19.3. The number of unbranched alkanes of at least 4 members (excludes halogenated alkanes) is 3. The maximum absolute atomic E-state index is 12.3. The van der Waals surface area contributed by atoms with Crippen molar-refractivity contribution in [1.82, 2.24) is 0 Å². The van der Waals surface area contributed by atoms with Crippen molar-refractivity contribution in [3.05, 3.63) is 47.0 Å². The number of carbonyl (C=O) groups is 2. The molecule has 0 aromatic heterocycles. The van der Waals surface area contributed by atoms with Crippen LogP contribution in [0.1, 0.15) is 82.6 Å². The van der Waals surface area contributed by atoms with E-state index < -0.39 is 0 Å². The maximum atomic E-state index is 12.3. The zero-order valence-electron chi connectivity index (χ0n) is 19.3. The molecule has 0 spiro atoms. The van der Waals surface area contributed by atoms with Gasteiger partial charge in [0.25, 0.3) is 0 Å². The van der Waals surface area contributed by atoms with E-state index in [0.29, 0.717) is 19.3 Å². The maximum Gasteiger partial charge on any atom is 0.159 e. The first-order chi connectivity index (χ1) is 15.5. The van der Waals surface area contributed by atoms with Crippen LogP contribution >= 0.6 is 0 Å². The van der Waals surface area contributed by atoms with Gasteiger partial charge in [-0.05, 0) is 62.5 Å². The number of aliphatic hydroxyl groups excluding tert-OH is 3. The van der Waals surface area contributed by atoms with Gasteiger partial charge in [-0.25, -0.2) is 0 Å². The van der Waals surface area contributed by atoms with E-state index in [-0.39, 0.29) is 43.2 Å². The Kier molecular flexibility index (Phi) is 12.5. The Bertz CT molecular complexity index is 721. The van der Waals surface area contributed by atoms with Gasteiger partial charge in [0.2, 0.25) is 0 Å². The summed E-state index contributed by atoms with van der Waals surface area (Å²) in [7, 11) is 0. The minimum Gasteiger partial charge on any atom is -0.396 e. The van der Waals surface area contributed by atoms with Crippen molar-refractivity contribution < 1.29 is 24.9 Å². The molecule has 0 amide bonds. The Morgan fingerprint density at radius 2 is 1.56 bits per heavy atom. The molecule has 178 valence electrons. The second kappa shape index (κ2) is 15.1. The molecule has 0 saturated carbocycles. The van der Waals surface area contributed by atoms with Gasteiger partial charge in [0, 0.05) is 38.4 Å². The van der Waals surface area contributed by atoms with Crippen molar-refractivity contribution in [2.75, 3.05) is 13.2 Å². The zero-order chi connectivity index (χ0) is 23.2. The Morgan fingerprint density at radius 1 is 0.875 bits per heavy atom. The van der Waals surface area contributed by atoms with Crippen LogP contribution in [0.2, 0.25) is 0 Å². The van der Waals surface area contributed by atoms with Crippen LogP contribution in [0, 0.1) is 5.92 Å². The van der Waals surface area contributed by atoms with Gasteiger partial charge in [0.15, 0.2) is 5.78 Å². The van der Waals surface area contributed by atoms with E-state index >= 15 is 0 Å². The third-order valence-electron chi connectivity index (χ3n) is 6.47. The minimum absolute atomic E-state index is 0.0971. The van der Waals surface area contributed by atoms with Gasteiger partial charge in [-0.3, -0.25) is 9.59 Å². The number of aryl methyl sites for hydroxylation is 1. The Hall–Kier alpha value is -1.82. The van der Waals surface area contributed by atoms with Crippen LogP contribution in [0.25, 0.3) is 0 Å². The Morgan fingerprint density at radius 3 is 2.28 bits per heavy atom. The molecule has 32 heavy (non-hydrogen) atoms. The first-order valence-corrected chi connectivity index (χ1v) is 12.2. The van der Waals surface area contributed by atoms with Crippen LogP contribution in [0.4, 0.5) is 0 Å². The fourth-order valence-corrected chi connectivity index (χ4v) is 4.41. The topological polar surface area (TPSA) is 94.8 Å². The highest BCUT2D eigenvalue weighted by Crippen LogP contribution is 2.31. The summed E-state index contributed by atoms with van der Waals surface area (Å²) in [5.41, 5.74) is 3.47. The van der Waals surface area contributed by atoms with E-state index in [1.807, 2.05) is 18.2 Å². The third-order valence-corrected chi connectivity index (χ3v) is 6.47. The van der Waals surface area contributed by atoms with Gasteiger partial charge < -0.3 is 15.3 Å². The second-order valence-electron chi connectivity index (χ2n) is 9.11. The van der Waals surface area contributed by atoms with Crippen molar-refractivity contribution in [1.29, 1.82) is 0 Å². The Labute approximate surface area is 192 Å². The minimum atomic E-state index is -0.339. The number of Topliss-reactive ketones (excluding diaryl/α,β-unsaturated/α-hetero) is 2. The van der Waals surface area contributed by atoms with E-state index in [0.717, 1.165) is 63.4 Å². The second-order valence-corrected chi connectivity index (χ2v) is 9.11. The third kappa shape index (κ3) is 9.76. The normalized spacial score (nSPS) is 15.1. The van der Waals surface area contributed by atoms with Gasteiger partial charge >= 0.3 is 0 Å². The molecular weight excluding hydrogens is 404 g/mol. The van der Waals surface area contributed by atoms with Crippen LogP contribution in [-0.2, 0) is 16.0 Å². The lowest BCUT2D eigenvalue weighted by Gasteiger charge is -2.12. The van der Waals surface area contributed by atoms with Gasteiger partial charge in [-0.1, -0.05) is 48.7 Å². The molecular formula is C27H40O5. The van der Waals surface area contributed by atoms with Crippen LogP contribution in [0.5, 0.6) is 0 Å². The molecule has 1 aliphatic rings. The SMILES string of the molecule is O=C(CCCCCCC1=C(CC[C@@H](O)CCc2ccccc2)CCC1=O)CC(CO)CO. The molecule has 1 aliphatic carbocycles. The number of ketones is 2. The molecule has 0 saturated heterocycles. The molecule has 0 radical (unpaired) electrons. The molecule has 5 heteroatoms. The van der Waals surface area contributed by atoms with Crippen molar-refractivity contribution in [3.8, 4) is 0 Å². The molecule has 0 aliphatic heterocycles. The summed E-state index contributed by atoms with van der Waals surface area (Å²) in [6.45, 7) is -0.310. The van der Waals surface area contributed by atoms with E-state index in [4.69, 9.17) is 10.2 Å². The van der Waals surface area contributed by atoms with Crippen LogP contribution in [0.3, 0.4) is 0 Å². The van der Waals surface area contributed by atoms with Gasteiger partial charge in [-0.2, -0.15) is 0 Å². The molecule has 2 rings (SSSR count). The number of benzene rings is 1. The van der Waals surface area contributed by atoms with Crippen LogP contribution in [0.15, 0.2) is 41.5 Å². The number of carbonyl (C=O) groups excluding carboxylic acids is 2. The molecule has 3 N–H and O–H groups in total. The molecule has 1 atom stereocenters. The molecule has 5 nitrogen and oxygen atoms in total. The van der Waals surface area contributed by atoms with Gasteiger partial charge in [0.05, 0.1) is 6.10 Å². The van der Waals surface area contributed by atoms with E-state index in [1.54, 1.807) is 0 Å². The van der Waals surface area contributed by atoms with Gasteiger partial charge in [-0.15, -0.1) is 0 Å². The first kappa shape index (κ1) is 26.4. The largest absolute Gasteiger partial charge is 0.396 e. The molecule has 0 unspecified atom stereocenters. The van der Waals surface area contributed by atoms with E-state index in [2.05, 4.69) is 12.1 Å². The standard InChI is InChI=1S/C27H40O5/c28-19-22(20-29)18-25(31)10-6-1-2-7-11-26-23(14-17-27(26)32)13-16-24(30)15-12-21-8-4-3-5-9-21/h3-5,8-9,22,24,28-30H,1-2,6-7,10-20H2/t24-/m0/s1. The van der Waals surface area contributed by atoms with Crippen molar-refractivity contribution in [2.24, 2.45) is 5.92 Å². The quantitative estimate of drug-likeness (QED) is 0.311. The van der Waals surface area contributed by atoms with Crippen molar-refractivity contribution >= 4 is 11.6 Å². The van der Waals surface area contributed by atoms with E-state index in [9.17, 15) is 14.7 Å². The summed E-state index contributed by atoms with van der Waals surface area (Å²) < 4.78 is 0. The van der Waals surface area contributed by atoms with Gasteiger partial charge in [0.1, 0.15) is 5.78 Å². The predicted octanol–water partition coefficient (Wildman–Crippen LogP) is 4.32. The summed E-state index contributed by atoms with van der Waals surface area (Å²) in [6.07, 6.45) is 9.48. The lowest BCUT2D eigenvalue weighted by atomic mass is 9.96. The molecule has 0 heterocycles. The lowest BCUT2D eigenvalue weighted by Crippen LogP contribution is -2.15. The summed E-state index contributed by atoms with van der Waals surface area (Å²) in [5, 5.41) is 28.5. The van der Waals surface area contributed by atoms with Crippen molar-refractivity contribution in [3.63, 3.8) is 0 Å². The van der Waals surface area contributed by atoms with E-state index in [1.165, 1.54) is 11.1 Å². The molecule has 0 bridgehead atoms. The average Bonchev–Trinajstić information content (AvgIpc) is 3.16. The highest BCUT2D eigenvalue weighted by molar-refractivity contribution is 5.98. The first-order valence-electron chi connectivity index (χ1n) is 12.2. The molecule has 1 aromatic rings. The summed E-state index contributed by atoms with van der Waals surface area (Å²) >= 11 is 0. The summed E-state index contributed by atoms with van der Waals surface area (Å²) in [5.74, 6) is 0.0333. The lowest BCUT2D eigenvalue weighted by molar-refractivity contribution is -0.120. The van der Waals surface area contributed by atoms with Crippen molar-refractivity contribution in [2.45, 2.75) is 89.6 Å². The summed E-state index contributed by atoms with van der Waals surface area (Å²) in [6, 6.07) is 10.2. The fourth-order valence-electron chi connectivity index (χ4n) is 4.41. The number of aliphatic hydroxyl groups is 3. The highest BCUT2D eigenvalue weighted by Gasteiger charge is 2.22.